The van der Waals surface area contributed by atoms with Crippen molar-refractivity contribution < 1.29 is 19.1 Å². The van der Waals surface area contributed by atoms with Crippen molar-refractivity contribution in [3.63, 3.8) is 0 Å². The van der Waals surface area contributed by atoms with E-state index in [1.807, 2.05) is 43.3 Å². The van der Waals surface area contributed by atoms with Gasteiger partial charge in [-0.2, -0.15) is 5.01 Å². The van der Waals surface area contributed by atoms with E-state index in [1.165, 1.54) is 0 Å². The van der Waals surface area contributed by atoms with E-state index in [2.05, 4.69) is 5.43 Å². The van der Waals surface area contributed by atoms with Gasteiger partial charge in [-0.15, -0.1) is 0 Å². The average molecular weight is 525 g/mol. The number of nitrogens with one attached hydrogen (secondary N) is 1. The number of nitrogens with zero attached hydrogens (tertiary/aromatic N) is 1. The van der Waals surface area contributed by atoms with Crippen molar-refractivity contribution >= 4 is 57.8 Å². The second-order valence-corrected chi connectivity index (χ2v) is 9.49. The maximum Gasteiger partial charge on any atom is 0.285 e. The van der Waals surface area contributed by atoms with Crippen LogP contribution >= 0.6 is 35.6 Å². The summed E-state index contributed by atoms with van der Waals surface area (Å²) in [6.07, 6.45) is 1.71. The van der Waals surface area contributed by atoms with Gasteiger partial charge in [-0.25, -0.2) is 0 Å². The Morgan fingerprint density at radius 2 is 1.80 bits per heavy atom. The quantitative estimate of drug-likeness (QED) is 0.294. The summed E-state index contributed by atoms with van der Waals surface area (Å²) in [5, 5.41) is 1.76. The maximum atomic E-state index is 12.9. The van der Waals surface area contributed by atoms with E-state index in [4.69, 9.17) is 33.3 Å². The summed E-state index contributed by atoms with van der Waals surface area (Å²) in [7, 11) is 0. The van der Waals surface area contributed by atoms with Gasteiger partial charge in [0.15, 0.2) is 15.8 Å². The third kappa shape index (κ3) is 6.22. The lowest BCUT2D eigenvalue weighted by Crippen LogP contribution is -2.44. The molecule has 1 fully saturated rings. The van der Waals surface area contributed by atoms with Gasteiger partial charge < -0.3 is 9.47 Å². The van der Waals surface area contributed by atoms with Crippen molar-refractivity contribution in [2.75, 3.05) is 6.61 Å². The molecule has 0 unspecified atom stereocenters. The molecule has 2 amide bonds. The van der Waals surface area contributed by atoms with Gasteiger partial charge in [0.25, 0.3) is 11.8 Å². The van der Waals surface area contributed by atoms with Crippen LogP contribution in [0.5, 0.6) is 11.5 Å². The first-order chi connectivity index (χ1) is 16.9. The first kappa shape index (κ1) is 24.8. The summed E-state index contributed by atoms with van der Waals surface area (Å²) < 4.78 is 12.0. The minimum absolute atomic E-state index is 0.249. The smallest absolute Gasteiger partial charge is 0.285 e. The van der Waals surface area contributed by atoms with Gasteiger partial charge in [0.05, 0.1) is 11.5 Å². The van der Waals surface area contributed by atoms with Gasteiger partial charge in [0.1, 0.15) is 6.61 Å². The number of halogens is 1. The molecule has 1 heterocycles. The van der Waals surface area contributed by atoms with Crippen molar-refractivity contribution in [3.05, 3.63) is 99.4 Å². The van der Waals surface area contributed by atoms with Gasteiger partial charge in [-0.3, -0.25) is 15.0 Å². The van der Waals surface area contributed by atoms with E-state index in [0.29, 0.717) is 40.2 Å². The summed E-state index contributed by atoms with van der Waals surface area (Å²) >= 11 is 12.4. The number of carbonyl (C=O) groups is 2. The molecule has 35 heavy (non-hydrogen) atoms. The molecule has 0 bridgehead atoms. The molecule has 6 nitrogen and oxygen atoms in total. The Morgan fingerprint density at radius 3 is 2.51 bits per heavy atom. The number of rotatable bonds is 8. The molecule has 0 radical (unpaired) electrons. The highest BCUT2D eigenvalue weighted by Crippen LogP contribution is 2.34. The lowest BCUT2D eigenvalue weighted by molar-refractivity contribution is -0.123. The molecular weight excluding hydrogens is 504 g/mol. The van der Waals surface area contributed by atoms with Gasteiger partial charge in [0, 0.05) is 10.6 Å². The third-order valence-electron chi connectivity index (χ3n) is 4.92. The molecule has 3 aromatic rings. The van der Waals surface area contributed by atoms with Crippen LogP contribution in [0.2, 0.25) is 5.02 Å². The van der Waals surface area contributed by atoms with Crippen molar-refractivity contribution in [2.45, 2.75) is 13.5 Å². The predicted octanol–water partition coefficient (Wildman–Crippen LogP) is 5.86. The van der Waals surface area contributed by atoms with Crippen LogP contribution in [0, 0.1) is 0 Å². The van der Waals surface area contributed by atoms with E-state index in [9.17, 15) is 9.59 Å². The molecule has 9 heteroatoms. The van der Waals surface area contributed by atoms with E-state index in [0.717, 1.165) is 27.9 Å². The van der Waals surface area contributed by atoms with E-state index in [1.54, 1.807) is 42.5 Å². The summed E-state index contributed by atoms with van der Waals surface area (Å²) in [4.78, 5) is 25.8. The molecule has 0 aromatic heterocycles. The fourth-order valence-electron chi connectivity index (χ4n) is 3.21. The molecule has 1 N–H and O–H groups in total. The van der Waals surface area contributed by atoms with Gasteiger partial charge >= 0.3 is 0 Å². The number of amides is 2. The molecule has 1 aliphatic rings. The van der Waals surface area contributed by atoms with Crippen molar-refractivity contribution in [3.8, 4) is 11.5 Å². The summed E-state index contributed by atoms with van der Waals surface area (Å²) in [5.74, 6) is 0.332. The van der Waals surface area contributed by atoms with Crippen LogP contribution in [0.15, 0.2) is 77.7 Å². The second kappa shape index (κ2) is 11.4. The number of benzene rings is 3. The summed E-state index contributed by atoms with van der Waals surface area (Å²) in [5.41, 5.74) is 4.72. The lowest BCUT2D eigenvalue weighted by Gasteiger charge is -2.15. The molecule has 4 rings (SSSR count). The van der Waals surface area contributed by atoms with Crippen LogP contribution in [0.4, 0.5) is 0 Å². The van der Waals surface area contributed by atoms with Crippen LogP contribution in [0.3, 0.4) is 0 Å². The number of ether oxygens (including phenoxy) is 2. The van der Waals surface area contributed by atoms with E-state index >= 15 is 0 Å². The van der Waals surface area contributed by atoms with Crippen LogP contribution in [0.25, 0.3) is 6.08 Å². The zero-order chi connectivity index (χ0) is 24.8. The predicted molar refractivity (Wildman–Crippen MR) is 142 cm³/mol. The number of hydrogen-bond acceptors (Lipinski definition) is 6. The minimum Gasteiger partial charge on any atom is -0.490 e. The Bertz CT molecular complexity index is 1280. The molecule has 3 aromatic carbocycles. The van der Waals surface area contributed by atoms with Crippen molar-refractivity contribution in [1.82, 2.24) is 10.4 Å². The highest BCUT2D eigenvalue weighted by Gasteiger charge is 2.33. The number of carbonyl (C=O) groups excluding carboxylic acids is 2. The maximum absolute atomic E-state index is 12.9. The SMILES string of the molecule is CCOc1cc(/C=C2/SC(=S)N(NC(=O)c3ccccc3)C2=O)ccc1OCc1ccc(Cl)cc1. The normalized spacial score (nSPS) is 14.3. The number of hydrogen-bond donors (Lipinski definition) is 1. The Balaban J connectivity index is 1.48. The van der Waals surface area contributed by atoms with Crippen molar-refractivity contribution in [1.29, 1.82) is 0 Å². The molecular formula is C26H21ClN2O4S2. The first-order valence-electron chi connectivity index (χ1n) is 10.7. The number of thiocarbonyl (C=S) groups is 1. The second-order valence-electron chi connectivity index (χ2n) is 7.38. The zero-order valence-electron chi connectivity index (χ0n) is 18.7. The lowest BCUT2D eigenvalue weighted by atomic mass is 10.1. The van der Waals surface area contributed by atoms with E-state index in [-0.39, 0.29) is 4.32 Å². The average Bonchev–Trinajstić information content (AvgIpc) is 3.12. The largest absolute Gasteiger partial charge is 0.490 e. The molecule has 0 aliphatic carbocycles. The van der Waals surface area contributed by atoms with Gasteiger partial charge in [0.2, 0.25) is 0 Å². The first-order valence-corrected chi connectivity index (χ1v) is 12.3. The van der Waals surface area contributed by atoms with E-state index < -0.39 is 11.8 Å². The molecule has 0 spiro atoms. The fourth-order valence-corrected chi connectivity index (χ4v) is 4.52. The molecule has 0 atom stereocenters. The highest BCUT2D eigenvalue weighted by molar-refractivity contribution is 8.26. The topological polar surface area (TPSA) is 67.9 Å². The minimum atomic E-state index is -0.413. The fraction of sp³-hybridized carbons (Fsp3) is 0.115. The zero-order valence-corrected chi connectivity index (χ0v) is 21.1. The Kier molecular flexibility index (Phi) is 8.07. The Hall–Kier alpha value is -3.33. The number of hydrazine groups is 1. The van der Waals surface area contributed by atoms with Crippen molar-refractivity contribution in [2.24, 2.45) is 0 Å². The van der Waals surface area contributed by atoms with Crippen LogP contribution < -0.4 is 14.9 Å². The third-order valence-corrected chi connectivity index (χ3v) is 6.47. The van der Waals surface area contributed by atoms with Crippen LogP contribution in [-0.2, 0) is 11.4 Å². The van der Waals surface area contributed by atoms with Crippen LogP contribution in [0.1, 0.15) is 28.4 Å². The summed E-state index contributed by atoms with van der Waals surface area (Å²) in [6.45, 7) is 2.70. The number of thioether (sulfide) groups is 1. The monoisotopic (exact) mass is 524 g/mol. The van der Waals surface area contributed by atoms with Gasteiger partial charge in [-0.05, 0) is 72.7 Å². The molecule has 0 saturated carbocycles. The highest BCUT2D eigenvalue weighted by atomic mass is 35.5. The Morgan fingerprint density at radius 1 is 1.06 bits per heavy atom. The summed E-state index contributed by atoms with van der Waals surface area (Å²) in [6, 6.07) is 21.5. The van der Waals surface area contributed by atoms with Gasteiger partial charge in [-0.1, -0.05) is 59.8 Å². The molecule has 1 saturated heterocycles. The Labute approximate surface area is 217 Å². The van der Waals surface area contributed by atoms with Crippen LogP contribution in [-0.4, -0.2) is 27.8 Å². The standard InChI is InChI=1S/C26H21ClN2O4S2/c1-2-32-22-14-18(10-13-21(22)33-16-17-8-11-20(27)12-9-17)15-23-25(31)29(26(34)35-23)28-24(30)19-6-4-3-5-7-19/h3-15H,2,16H2,1H3,(H,28,30)/b23-15+. The molecule has 1 aliphatic heterocycles. The molecule has 178 valence electrons.